The first-order valence-corrected chi connectivity index (χ1v) is 7.26. The van der Waals surface area contributed by atoms with Gasteiger partial charge in [0.2, 0.25) is 0 Å². The number of urea groups is 1. The van der Waals surface area contributed by atoms with E-state index in [0.29, 0.717) is 12.5 Å². The quantitative estimate of drug-likeness (QED) is 0.747. The predicted molar refractivity (Wildman–Crippen MR) is 79.3 cm³/mol. The highest BCUT2D eigenvalue weighted by atomic mass is 16.3. The number of hydrogen-bond acceptors (Lipinski definition) is 2. The maximum Gasteiger partial charge on any atom is 0.315 e. The van der Waals surface area contributed by atoms with E-state index in [4.69, 9.17) is 0 Å². The van der Waals surface area contributed by atoms with Gasteiger partial charge in [-0.05, 0) is 24.3 Å². The van der Waals surface area contributed by atoms with E-state index in [1.54, 1.807) is 0 Å². The van der Waals surface area contributed by atoms with Gasteiger partial charge < -0.3 is 15.7 Å². The molecule has 1 unspecified atom stereocenters. The third-order valence-electron chi connectivity index (χ3n) is 4.03. The van der Waals surface area contributed by atoms with Crippen molar-refractivity contribution in [2.75, 3.05) is 13.2 Å². The smallest absolute Gasteiger partial charge is 0.315 e. The van der Waals surface area contributed by atoms with Crippen LogP contribution in [-0.2, 0) is 0 Å². The molecule has 2 amide bonds. The van der Waals surface area contributed by atoms with E-state index in [0.717, 1.165) is 18.4 Å². The molecule has 0 heterocycles. The molecule has 3 N–H and O–H groups in total. The third kappa shape index (κ3) is 3.73. The van der Waals surface area contributed by atoms with Crippen molar-refractivity contribution < 1.29 is 9.90 Å². The summed E-state index contributed by atoms with van der Waals surface area (Å²) in [7, 11) is 0. The molecule has 4 heteroatoms. The minimum Gasteiger partial charge on any atom is -0.396 e. The molecule has 1 aromatic rings. The molecule has 1 aliphatic rings. The van der Waals surface area contributed by atoms with E-state index >= 15 is 0 Å². The molecule has 20 heavy (non-hydrogen) atoms. The summed E-state index contributed by atoms with van der Waals surface area (Å²) in [6.45, 7) is 4.89. The van der Waals surface area contributed by atoms with Crippen molar-refractivity contribution in [2.24, 2.45) is 11.3 Å². The highest BCUT2D eigenvalue weighted by molar-refractivity contribution is 5.74. The fourth-order valence-electron chi connectivity index (χ4n) is 2.32. The fourth-order valence-corrected chi connectivity index (χ4v) is 2.32. The highest BCUT2D eigenvalue weighted by Gasteiger charge is 2.42. The van der Waals surface area contributed by atoms with Crippen LogP contribution in [0, 0.1) is 11.3 Å². The number of amides is 2. The van der Waals surface area contributed by atoms with Crippen LogP contribution in [0.5, 0.6) is 0 Å². The summed E-state index contributed by atoms with van der Waals surface area (Å²) in [6, 6.07) is 9.83. The van der Waals surface area contributed by atoms with Gasteiger partial charge in [-0.3, -0.25) is 0 Å². The van der Waals surface area contributed by atoms with Crippen molar-refractivity contribution >= 4 is 6.03 Å². The summed E-state index contributed by atoms with van der Waals surface area (Å²) in [5.41, 5.74) is 1.05. The lowest BCUT2D eigenvalue weighted by Crippen LogP contribution is -2.42. The first kappa shape index (κ1) is 14.9. The van der Waals surface area contributed by atoms with Crippen LogP contribution in [0.4, 0.5) is 4.79 Å². The number of aliphatic hydroxyl groups is 1. The minimum absolute atomic E-state index is 0.000444. The van der Waals surface area contributed by atoms with Gasteiger partial charge in [-0.15, -0.1) is 0 Å². The second kappa shape index (κ2) is 6.27. The fraction of sp³-hybridized carbons (Fsp3) is 0.562. The summed E-state index contributed by atoms with van der Waals surface area (Å²) in [5.74, 6) is 0.316. The lowest BCUT2D eigenvalue weighted by Gasteiger charge is -2.24. The van der Waals surface area contributed by atoms with Crippen molar-refractivity contribution in [1.29, 1.82) is 0 Å². The molecule has 2 rings (SSSR count). The molecule has 1 fully saturated rings. The number of hydrogen-bond donors (Lipinski definition) is 3. The van der Waals surface area contributed by atoms with Gasteiger partial charge in [0.15, 0.2) is 0 Å². The monoisotopic (exact) mass is 276 g/mol. The highest BCUT2D eigenvalue weighted by Crippen LogP contribution is 2.44. The molecular weight excluding hydrogens is 252 g/mol. The molecule has 0 aliphatic heterocycles. The van der Waals surface area contributed by atoms with Gasteiger partial charge in [0.1, 0.15) is 0 Å². The van der Waals surface area contributed by atoms with Crippen LogP contribution in [0.3, 0.4) is 0 Å². The minimum atomic E-state index is -0.160. The molecule has 4 nitrogen and oxygen atoms in total. The second-order valence-electron chi connectivity index (χ2n) is 6.12. The Morgan fingerprint density at radius 3 is 2.45 bits per heavy atom. The van der Waals surface area contributed by atoms with Crippen LogP contribution in [0.15, 0.2) is 30.3 Å². The SMILES string of the molecule is CC(C)C(NC(=O)NCC1(CO)CC1)c1ccccc1. The Morgan fingerprint density at radius 1 is 1.30 bits per heavy atom. The maximum atomic E-state index is 12.0. The molecule has 0 saturated heterocycles. The normalized spacial score (nSPS) is 17.6. The molecule has 1 atom stereocenters. The van der Waals surface area contributed by atoms with E-state index < -0.39 is 0 Å². The first-order valence-electron chi connectivity index (χ1n) is 7.26. The number of aliphatic hydroxyl groups excluding tert-OH is 1. The molecule has 0 aromatic heterocycles. The van der Waals surface area contributed by atoms with E-state index in [1.165, 1.54) is 0 Å². The van der Waals surface area contributed by atoms with Gasteiger partial charge in [-0.25, -0.2) is 4.79 Å². The number of nitrogens with one attached hydrogen (secondary N) is 2. The topological polar surface area (TPSA) is 61.4 Å². The Labute approximate surface area is 120 Å². The van der Waals surface area contributed by atoms with Gasteiger partial charge in [0, 0.05) is 12.0 Å². The van der Waals surface area contributed by atoms with Crippen LogP contribution in [0.1, 0.15) is 38.3 Å². The first-order chi connectivity index (χ1) is 9.56. The van der Waals surface area contributed by atoms with Crippen molar-refractivity contribution in [1.82, 2.24) is 10.6 Å². The predicted octanol–water partition coefficient (Wildman–Crippen LogP) is 2.46. The van der Waals surface area contributed by atoms with E-state index in [9.17, 15) is 9.90 Å². The summed E-state index contributed by atoms with van der Waals surface area (Å²) in [6.07, 6.45) is 1.99. The molecule has 0 bridgehead atoms. The number of carbonyl (C=O) groups excluding carboxylic acids is 1. The Kier molecular flexibility index (Phi) is 4.65. The largest absolute Gasteiger partial charge is 0.396 e. The van der Waals surface area contributed by atoms with Crippen molar-refractivity contribution in [3.63, 3.8) is 0 Å². The lowest BCUT2D eigenvalue weighted by atomic mass is 9.96. The van der Waals surface area contributed by atoms with Gasteiger partial charge in [0.25, 0.3) is 0 Å². The van der Waals surface area contributed by atoms with E-state index in [1.807, 2.05) is 30.3 Å². The van der Waals surface area contributed by atoms with Crippen molar-refractivity contribution in [3.05, 3.63) is 35.9 Å². The van der Waals surface area contributed by atoms with Gasteiger partial charge in [0.05, 0.1) is 12.6 Å². The van der Waals surface area contributed by atoms with Crippen LogP contribution in [0.2, 0.25) is 0 Å². The van der Waals surface area contributed by atoms with E-state index in [-0.39, 0.29) is 24.1 Å². The zero-order chi connectivity index (χ0) is 14.6. The summed E-state index contributed by atoms with van der Waals surface area (Å²) in [5, 5.41) is 15.2. The van der Waals surface area contributed by atoms with Crippen LogP contribution < -0.4 is 10.6 Å². The Bertz CT molecular complexity index is 441. The van der Waals surface area contributed by atoms with E-state index in [2.05, 4.69) is 24.5 Å². The molecule has 1 aliphatic carbocycles. The molecule has 0 radical (unpaired) electrons. The zero-order valence-corrected chi connectivity index (χ0v) is 12.2. The number of rotatable bonds is 6. The van der Waals surface area contributed by atoms with Crippen LogP contribution in [-0.4, -0.2) is 24.3 Å². The Morgan fingerprint density at radius 2 is 1.95 bits per heavy atom. The van der Waals surface area contributed by atoms with Crippen LogP contribution >= 0.6 is 0 Å². The summed E-state index contributed by atoms with van der Waals surface area (Å²) in [4.78, 5) is 12.0. The Balaban J connectivity index is 1.90. The maximum absolute atomic E-state index is 12.0. The van der Waals surface area contributed by atoms with Gasteiger partial charge in [-0.2, -0.15) is 0 Å². The average molecular weight is 276 g/mol. The lowest BCUT2D eigenvalue weighted by molar-refractivity contribution is 0.201. The Hall–Kier alpha value is -1.55. The second-order valence-corrected chi connectivity index (χ2v) is 6.12. The molecule has 1 aromatic carbocycles. The molecule has 0 spiro atoms. The number of benzene rings is 1. The standard InChI is InChI=1S/C16H24N2O2/c1-12(2)14(13-6-4-3-5-7-13)18-15(20)17-10-16(11-19)8-9-16/h3-7,12,14,19H,8-11H2,1-2H3,(H2,17,18,20). The summed E-state index contributed by atoms with van der Waals surface area (Å²) < 4.78 is 0. The molecule has 1 saturated carbocycles. The van der Waals surface area contributed by atoms with Gasteiger partial charge >= 0.3 is 6.03 Å². The third-order valence-corrected chi connectivity index (χ3v) is 4.03. The molecule has 110 valence electrons. The number of carbonyl (C=O) groups is 1. The summed E-state index contributed by atoms with van der Waals surface area (Å²) >= 11 is 0. The van der Waals surface area contributed by atoms with Gasteiger partial charge in [-0.1, -0.05) is 44.2 Å². The van der Waals surface area contributed by atoms with Crippen molar-refractivity contribution in [3.8, 4) is 0 Å². The van der Waals surface area contributed by atoms with Crippen LogP contribution in [0.25, 0.3) is 0 Å². The molecular formula is C16H24N2O2. The average Bonchev–Trinajstić information content (AvgIpc) is 3.24. The zero-order valence-electron chi connectivity index (χ0n) is 12.2. The van der Waals surface area contributed by atoms with Crippen molar-refractivity contribution in [2.45, 2.75) is 32.7 Å².